The summed E-state index contributed by atoms with van der Waals surface area (Å²) in [5, 5.41) is 6.84. The lowest BCUT2D eigenvalue weighted by atomic mass is 10.1. The zero-order chi connectivity index (χ0) is 19.2. The zero-order valence-electron chi connectivity index (χ0n) is 17.0. The van der Waals surface area contributed by atoms with Crippen molar-refractivity contribution in [2.45, 2.75) is 32.7 Å². The van der Waals surface area contributed by atoms with Gasteiger partial charge >= 0.3 is 0 Å². The third kappa shape index (κ3) is 10.3. The molecule has 0 unspecified atom stereocenters. The maximum atomic E-state index is 5.40. The Morgan fingerprint density at radius 3 is 2.64 bits per heavy atom. The van der Waals surface area contributed by atoms with Gasteiger partial charge in [0.15, 0.2) is 5.96 Å². The minimum Gasteiger partial charge on any atom is -0.497 e. The van der Waals surface area contributed by atoms with Crippen LogP contribution in [-0.2, 0) is 16.0 Å². The number of hydrogen-bond acceptors (Lipinski definition) is 4. The van der Waals surface area contributed by atoms with E-state index >= 15 is 0 Å². The molecule has 2 rings (SSSR count). The van der Waals surface area contributed by atoms with Crippen molar-refractivity contribution in [1.82, 2.24) is 10.6 Å². The topological polar surface area (TPSA) is 64.1 Å². The molecule has 1 aromatic carbocycles. The summed E-state index contributed by atoms with van der Waals surface area (Å²) in [6.07, 6.45) is 5.20. The molecule has 0 aliphatic carbocycles. The number of benzene rings is 1. The van der Waals surface area contributed by atoms with Crippen LogP contribution in [0.4, 0.5) is 0 Å². The van der Waals surface area contributed by atoms with Crippen molar-refractivity contribution < 1.29 is 14.2 Å². The van der Waals surface area contributed by atoms with E-state index in [0.717, 1.165) is 76.1 Å². The Kier molecular flexibility index (Phi) is 13.8. The molecule has 0 aromatic heterocycles. The lowest BCUT2D eigenvalue weighted by Gasteiger charge is -2.16. The van der Waals surface area contributed by atoms with E-state index in [2.05, 4.69) is 16.7 Å². The van der Waals surface area contributed by atoms with Gasteiger partial charge in [-0.3, -0.25) is 0 Å². The molecule has 28 heavy (non-hydrogen) atoms. The van der Waals surface area contributed by atoms with E-state index in [1.54, 1.807) is 7.11 Å². The molecule has 0 radical (unpaired) electrons. The second kappa shape index (κ2) is 15.6. The highest BCUT2D eigenvalue weighted by molar-refractivity contribution is 14.0. The number of ether oxygens (including phenoxy) is 3. The van der Waals surface area contributed by atoms with Crippen molar-refractivity contribution in [2.24, 2.45) is 4.99 Å². The SMILES string of the molecule is CCOCCCNC(=NCc1ccc(OC)cc1)NCCC1=CCOCC1.I. The first-order valence-electron chi connectivity index (χ1n) is 9.80. The fraction of sp³-hybridized carbons (Fsp3) is 0.571. The largest absolute Gasteiger partial charge is 0.497 e. The van der Waals surface area contributed by atoms with Crippen LogP contribution in [0.25, 0.3) is 0 Å². The molecule has 2 N–H and O–H groups in total. The molecule has 158 valence electrons. The normalized spacial score (nSPS) is 14.1. The van der Waals surface area contributed by atoms with Gasteiger partial charge < -0.3 is 24.8 Å². The van der Waals surface area contributed by atoms with Crippen molar-refractivity contribution >= 4 is 29.9 Å². The van der Waals surface area contributed by atoms with Crippen LogP contribution in [0.1, 0.15) is 31.7 Å². The van der Waals surface area contributed by atoms with Gasteiger partial charge in [0, 0.05) is 26.3 Å². The smallest absolute Gasteiger partial charge is 0.191 e. The van der Waals surface area contributed by atoms with Crippen LogP contribution in [0.5, 0.6) is 5.75 Å². The van der Waals surface area contributed by atoms with Crippen LogP contribution < -0.4 is 15.4 Å². The highest BCUT2D eigenvalue weighted by Gasteiger charge is 2.05. The van der Waals surface area contributed by atoms with Crippen LogP contribution in [0.2, 0.25) is 0 Å². The number of methoxy groups -OCH3 is 1. The molecule has 0 amide bonds. The molecule has 1 aliphatic rings. The monoisotopic (exact) mass is 503 g/mol. The molecule has 0 saturated heterocycles. The first-order chi connectivity index (χ1) is 13.3. The number of hydrogen-bond donors (Lipinski definition) is 2. The van der Waals surface area contributed by atoms with Crippen LogP contribution in [-0.4, -0.2) is 52.6 Å². The van der Waals surface area contributed by atoms with E-state index in [1.165, 1.54) is 5.57 Å². The number of rotatable bonds is 11. The predicted molar refractivity (Wildman–Crippen MR) is 125 cm³/mol. The average Bonchev–Trinajstić information content (AvgIpc) is 2.72. The Morgan fingerprint density at radius 1 is 1.18 bits per heavy atom. The maximum Gasteiger partial charge on any atom is 0.191 e. The lowest BCUT2D eigenvalue weighted by molar-refractivity contribution is 0.145. The molecule has 0 fully saturated rings. The highest BCUT2D eigenvalue weighted by atomic mass is 127. The van der Waals surface area contributed by atoms with E-state index < -0.39 is 0 Å². The summed E-state index contributed by atoms with van der Waals surface area (Å²) in [5.74, 6) is 1.70. The summed E-state index contributed by atoms with van der Waals surface area (Å²) >= 11 is 0. The molecule has 7 heteroatoms. The average molecular weight is 503 g/mol. The van der Waals surface area contributed by atoms with E-state index in [4.69, 9.17) is 19.2 Å². The Balaban J connectivity index is 0.00000392. The third-order valence-electron chi connectivity index (χ3n) is 4.34. The van der Waals surface area contributed by atoms with Gasteiger partial charge in [-0.25, -0.2) is 4.99 Å². The molecule has 1 aliphatic heterocycles. The van der Waals surface area contributed by atoms with E-state index in [-0.39, 0.29) is 24.0 Å². The van der Waals surface area contributed by atoms with Gasteiger partial charge in [-0.1, -0.05) is 23.8 Å². The molecule has 1 heterocycles. The second-order valence-corrected chi connectivity index (χ2v) is 6.35. The minimum atomic E-state index is 0. The van der Waals surface area contributed by atoms with Gasteiger partial charge in [0.05, 0.1) is 26.9 Å². The fourth-order valence-electron chi connectivity index (χ4n) is 2.73. The summed E-state index contributed by atoms with van der Waals surface area (Å²) in [4.78, 5) is 4.72. The van der Waals surface area contributed by atoms with Crippen molar-refractivity contribution in [3.8, 4) is 5.75 Å². The quantitative estimate of drug-likeness (QED) is 0.159. The summed E-state index contributed by atoms with van der Waals surface area (Å²) in [7, 11) is 1.68. The molecular formula is C21H34IN3O3. The van der Waals surface area contributed by atoms with Crippen molar-refractivity contribution in [3.63, 3.8) is 0 Å². The molecular weight excluding hydrogens is 469 g/mol. The first kappa shape index (κ1) is 24.7. The Labute approximate surface area is 186 Å². The molecule has 1 aromatic rings. The highest BCUT2D eigenvalue weighted by Crippen LogP contribution is 2.12. The minimum absolute atomic E-state index is 0. The maximum absolute atomic E-state index is 5.40. The summed E-state index contributed by atoms with van der Waals surface area (Å²) in [6, 6.07) is 8.01. The number of aliphatic imine (C=N–C) groups is 1. The third-order valence-corrected chi connectivity index (χ3v) is 4.34. The van der Waals surface area contributed by atoms with Crippen LogP contribution in [0, 0.1) is 0 Å². The number of guanidine groups is 1. The molecule has 0 saturated carbocycles. The second-order valence-electron chi connectivity index (χ2n) is 6.35. The van der Waals surface area contributed by atoms with Gasteiger partial charge in [0.25, 0.3) is 0 Å². The lowest BCUT2D eigenvalue weighted by Crippen LogP contribution is -2.39. The van der Waals surface area contributed by atoms with Gasteiger partial charge in [-0.05, 0) is 43.9 Å². The molecule has 6 nitrogen and oxygen atoms in total. The van der Waals surface area contributed by atoms with Crippen LogP contribution in [0.3, 0.4) is 0 Å². The van der Waals surface area contributed by atoms with Gasteiger partial charge in [0.2, 0.25) is 0 Å². The number of halogens is 1. The van der Waals surface area contributed by atoms with E-state index in [1.807, 2.05) is 31.2 Å². The summed E-state index contributed by atoms with van der Waals surface area (Å²) in [5.41, 5.74) is 2.61. The summed E-state index contributed by atoms with van der Waals surface area (Å²) in [6.45, 7) is 7.45. The summed E-state index contributed by atoms with van der Waals surface area (Å²) < 4.78 is 16.0. The van der Waals surface area contributed by atoms with Crippen molar-refractivity contribution in [1.29, 1.82) is 0 Å². The Morgan fingerprint density at radius 2 is 1.96 bits per heavy atom. The Hall–Kier alpha value is -1.32. The standard InChI is InChI=1S/C21H33N3O3.HI/c1-3-26-14-4-12-22-21(23-13-9-18-10-15-27-16-11-18)24-17-19-5-7-20(25-2)8-6-19;/h5-8,10H,3-4,9,11-17H2,1-2H3,(H2,22,23,24);1H. The van der Waals surface area contributed by atoms with Crippen LogP contribution >= 0.6 is 24.0 Å². The van der Waals surface area contributed by atoms with Crippen molar-refractivity contribution in [3.05, 3.63) is 41.5 Å². The zero-order valence-corrected chi connectivity index (χ0v) is 19.4. The van der Waals surface area contributed by atoms with E-state index in [0.29, 0.717) is 6.54 Å². The fourth-order valence-corrected chi connectivity index (χ4v) is 2.73. The number of nitrogens with one attached hydrogen (secondary N) is 2. The molecule has 0 atom stereocenters. The van der Waals surface area contributed by atoms with Gasteiger partial charge in [0.1, 0.15) is 5.75 Å². The Bertz CT molecular complexity index is 591. The molecule has 0 bridgehead atoms. The van der Waals surface area contributed by atoms with Gasteiger partial charge in [-0.2, -0.15) is 0 Å². The first-order valence-corrected chi connectivity index (χ1v) is 9.80. The number of nitrogens with zero attached hydrogens (tertiary/aromatic N) is 1. The van der Waals surface area contributed by atoms with Crippen LogP contribution in [0.15, 0.2) is 40.9 Å². The van der Waals surface area contributed by atoms with Gasteiger partial charge in [-0.15, -0.1) is 24.0 Å². The molecule has 0 spiro atoms. The van der Waals surface area contributed by atoms with Crippen molar-refractivity contribution in [2.75, 3.05) is 46.6 Å². The predicted octanol–water partition coefficient (Wildman–Crippen LogP) is 3.51. The van der Waals surface area contributed by atoms with E-state index in [9.17, 15) is 0 Å².